The minimum atomic E-state index is -0.0606. The minimum Gasteiger partial charge on any atom is -0.337 e. The fraction of sp³-hybridized carbons (Fsp3) is 0.538. The summed E-state index contributed by atoms with van der Waals surface area (Å²) in [4.78, 5) is 20.3. The topological polar surface area (TPSA) is 74.5 Å². The predicted octanol–water partition coefficient (Wildman–Crippen LogP) is 1.43. The number of anilines is 1. The summed E-state index contributed by atoms with van der Waals surface area (Å²) in [6.07, 6.45) is 0.903. The Morgan fingerprint density at radius 3 is 2.60 bits per heavy atom. The van der Waals surface area contributed by atoms with E-state index in [1.54, 1.807) is 12.1 Å². The molecule has 1 aromatic heterocycles. The number of halogens is 1. The minimum absolute atomic E-state index is 0.0606. The number of hydrogen-bond acceptors (Lipinski definition) is 5. The number of nitrogens with one attached hydrogen (secondary N) is 1. The van der Waals surface area contributed by atoms with Crippen LogP contribution in [0.1, 0.15) is 23.7 Å². The van der Waals surface area contributed by atoms with Crippen LogP contribution in [0.5, 0.6) is 0 Å². The lowest BCUT2D eigenvalue weighted by molar-refractivity contribution is 0.0745. The Hall–Kier alpha value is -1.37. The maximum absolute atomic E-state index is 12.5. The second kappa shape index (κ2) is 8.04. The average molecular weight is 300 g/mol. The smallest absolute Gasteiger partial charge is 0.254 e. The van der Waals surface area contributed by atoms with Crippen LogP contribution in [0, 0.1) is 0 Å². The number of pyridine rings is 1. The van der Waals surface area contributed by atoms with Gasteiger partial charge >= 0.3 is 0 Å². The lowest BCUT2D eigenvalue weighted by atomic mass is 10.2. The molecule has 0 aliphatic heterocycles. The molecule has 0 saturated carbocycles. The van der Waals surface area contributed by atoms with Gasteiger partial charge in [-0.15, -0.1) is 0 Å². The van der Waals surface area contributed by atoms with Crippen molar-refractivity contribution in [3.05, 3.63) is 22.8 Å². The van der Waals surface area contributed by atoms with Crippen molar-refractivity contribution in [2.75, 3.05) is 39.2 Å². The van der Waals surface area contributed by atoms with E-state index in [4.69, 9.17) is 17.4 Å². The molecule has 0 radical (unpaired) electrons. The zero-order valence-corrected chi connectivity index (χ0v) is 12.9. The molecule has 0 saturated heterocycles. The maximum atomic E-state index is 12.5. The number of carbonyl (C=O) groups is 1. The number of nitrogen functional groups attached to an aromatic ring is 1. The van der Waals surface area contributed by atoms with Gasteiger partial charge in [-0.2, -0.15) is 0 Å². The molecule has 1 aromatic rings. The first-order valence-corrected chi connectivity index (χ1v) is 6.94. The van der Waals surface area contributed by atoms with Crippen LogP contribution in [0.2, 0.25) is 5.15 Å². The number of nitrogens with two attached hydrogens (primary N) is 1. The van der Waals surface area contributed by atoms with Gasteiger partial charge < -0.3 is 15.2 Å². The standard InChI is InChI=1S/C13H22ClN5O/c1-4-5-19(7-6-18(2)3)13(20)10-8-11(14)16-12(9-10)17-15/h8-9H,4-7,15H2,1-3H3,(H,16,17). The highest BCUT2D eigenvalue weighted by molar-refractivity contribution is 6.29. The summed E-state index contributed by atoms with van der Waals surface area (Å²) >= 11 is 5.90. The zero-order valence-electron chi connectivity index (χ0n) is 12.2. The molecule has 112 valence electrons. The number of likely N-dealkylation sites (N-methyl/N-ethyl adjacent to an activating group) is 1. The Morgan fingerprint density at radius 2 is 2.05 bits per heavy atom. The maximum Gasteiger partial charge on any atom is 0.254 e. The molecular weight excluding hydrogens is 278 g/mol. The van der Waals surface area contributed by atoms with Gasteiger partial charge in [0.15, 0.2) is 0 Å². The van der Waals surface area contributed by atoms with Gasteiger partial charge in [-0.05, 0) is 32.6 Å². The van der Waals surface area contributed by atoms with Gasteiger partial charge in [0.1, 0.15) is 11.0 Å². The number of rotatable bonds is 7. The van der Waals surface area contributed by atoms with Crippen LogP contribution >= 0.6 is 11.6 Å². The van der Waals surface area contributed by atoms with Crippen LogP contribution < -0.4 is 11.3 Å². The van der Waals surface area contributed by atoms with Crippen LogP contribution in [0.25, 0.3) is 0 Å². The molecule has 0 atom stereocenters. The van der Waals surface area contributed by atoms with Crippen molar-refractivity contribution in [2.24, 2.45) is 5.84 Å². The van der Waals surface area contributed by atoms with Crippen molar-refractivity contribution >= 4 is 23.3 Å². The van der Waals surface area contributed by atoms with Crippen molar-refractivity contribution in [3.63, 3.8) is 0 Å². The first-order valence-electron chi connectivity index (χ1n) is 6.56. The van der Waals surface area contributed by atoms with E-state index >= 15 is 0 Å². The largest absolute Gasteiger partial charge is 0.337 e. The second-order valence-electron chi connectivity index (χ2n) is 4.80. The van der Waals surface area contributed by atoms with Crippen LogP contribution in [-0.4, -0.2) is 54.4 Å². The average Bonchev–Trinajstić information content (AvgIpc) is 2.41. The lowest BCUT2D eigenvalue weighted by Crippen LogP contribution is -2.37. The molecule has 1 amide bonds. The van der Waals surface area contributed by atoms with Crippen LogP contribution in [0.3, 0.4) is 0 Å². The normalized spacial score (nSPS) is 10.7. The molecule has 0 spiro atoms. The zero-order chi connectivity index (χ0) is 15.1. The van der Waals surface area contributed by atoms with Gasteiger partial charge in [0, 0.05) is 25.2 Å². The SMILES string of the molecule is CCCN(CCN(C)C)C(=O)c1cc(Cl)nc(NN)c1. The quantitative estimate of drug-likeness (QED) is 0.453. The van der Waals surface area contributed by atoms with Crippen molar-refractivity contribution in [3.8, 4) is 0 Å². The van der Waals surface area contributed by atoms with E-state index < -0.39 is 0 Å². The Balaban J connectivity index is 2.90. The van der Waals surface area contributed by atoms with Crippen molar-refractivity contribution in [1.29, 1.82) is 0 Å². The molecule has 0 fully saturated rings. The van der Waals surface area contributed by atoms with Gasteiger partial charge in [0.2, 0.25) is 0 Å². The summed E-state index contributed by atoms with van der Waals surface area (Å²) in [6.45, 7) is 4.23. The van der Waals surface area contributed by atoms with E-state index in [-0.39, 0.29) is 11.1 Å². The van der Waals surface area contributed by atoms with E-state index in [0.717, 1.165) is 13.0 Å². The van der Waals surface area contributed by atoms with E-state index in [2.05, 4.69) is 10.4 Å². The third kappa shape index (κ3) is 4.96. The van der Waals surface area contributed by atoms with Crippen molar-refractivity contribution < 1.29 is 4.79 Å². The third-order valence-electron chi connectivity index (χ3n) is 2.79. The highest BCUT2D eigenvalue weighted by Crippen LogP contribution is 2.16. The molecule has 20 heavy (non-hydrogen) atoms. The molecule has 1 heterocycles. The summed E-state index contributed by atoms with van der Waals surface area (Å²) in [6, 6.07) is 3.16. The first-order chi connectivity index (χ1) is 9.47. The van der Waals surface area contributed by atoms with E-state index in [1.807, 2.05) is 30.8 Å². The molecule has 1 rings (SSSR count). The fourth-order valence-electron chi connectivity index (χ4n) is 1.78. The molecular formula is C13H22ClN5O. The summed E-state index contributed by atoms with van der Waals surface area (Å²) < 4.78 is 0. The van der Waals surface area contributed by atoms with Gasteiger partial charge in [0.05, 0.1) is 0 Å². The number of hydrazine groups is 1. The molecule has 3 N–H and O–H groups in total. The molecule has 0 unspecified atom stereocenters. The molecule has 0 bridgehead atoms. The van der Waals surface area contributed by atoms with Crippen LogP contribution in [0.4, 0.5) is 5.82 Å². The van der Waals surface area contributed by atoms with Crippen molar-refractivity contribution in [2.45, 2.75) is 13.3 Å². The van der Waals surface area contributed by atoms with E-state index in [9.17, 15) is 4.79 Å². The van der Waals surface area contributed by atoms with Gasteiger partial charge in [-0.3, -0.25) is 4.79 Å². The van der Waals surface area contributed by atoms with Crippen molar-refractivity contribution in [1.82, 2.24) is 14.8 Å². The van der Waals surface area contributed by atoms with E-state index in [0.29, 0.717) is 24.5 Å². The molecule has 0 aliphatic rings. The third-order valence-corrected chi connectivity index (χ3v) is 2.98. The van der Waals surface area contributed by atoms with Gasteiger partial charge in [-0.25, -0.2) is 10.8 Å². The molecule has 0 aromatic carbocycles. The highest BCUT2D eigenvalue weighted by Gasteiger charge is 2.16. The fourth-order valence-corrected chi connectivity index (χ4v) is 1.99. The summed E-state index contributed by atoms with van der Waals surface area (Å²) in [5.41, 5.74) is 2.90. The Morgan fingerprint density at radius 1 is 1.35 bits per heavy atom. The number of hydrogen-bond donors (Lipinski definition) is 2. The summed E-state index contributed by atoms with van der Waals surface area (Å²) in [5, 5.41) is 0.243. The monoisotopic (exact) mass is 299 g/mol. The van der Waals surface area contributed by atoms with Gasteiger partial charge in [-0.1, -0.05) is 18.5 Å². The molecule has 0 aliphatic carbocycles. The molecule has 6 nitrogen and oxygen atoms in total. The van der Waals surface area contributed by atoms with Crippen LogP contribution in [-0.2, 0) is 0 Å². The molecule has 7 heteroatoms. The first kappa shape index (κ1) is 16.7. The Bertz CT molecular complexity index is 452. The van der Waals surface area contributed by atoms with Gasteiger partial charge in [0.25, 0.3) is 5.91 Å². The number of amides is 1. The predicted molar refractivity (Wildman–Crippen MR) is 81.8 cm³/mol. The second-order valence-corrected chi connectivity index (χ2v) is 5.19. The van der Waals surface area contributed by atoms with E-state index in [1.165, 1.54) is 0 Å². The van der Waals surface area contributed by atoms with Crippen LogP contribution in [0.15, 0.2) is 12.1 Å². The summed E-state index contributed by atoms with van der Waals surface area (Å²) in [5.74, 6) is 5.64. The Kier molecular flexibility index (Phi) is 6.70. The highest BCUT2D eigenvalue weighted by atomic mass is 35.5. The number of nitrogens with zero attached hydrogens (tertiary/aromatic N) is 3. The Labute approximate surface area is 124 Å². The lowest BCUT2D eigenvalue weighted by Gasteiger charge is -2.24. The summed E-state index contributed by atoms with van der Waals surface area (Å²) in [7, 11) is 3.96. The number of carbonyl (C=O) groups excluding carboxylic acids is 1. The number of aromatic nitrogens is 1.